The van der Waals surface area contributed by atoms with Gasteiger partial charge in [-0.05, 0) is 42.5 Å². The van der Waals surface area contributed by atoms with Crippen LogP contribution in [0.15, 0.2) is 58.1 Å². The number of nitrogens with zero attached hydrogens (tertiary/aromatic N) is 1. The van der Waals surface area contributed by atoms with Crippen molar-refractivity contribution in [3.8, 4) is 0 Å². The summed E-state index contributed by atoms with van der Waals surface area (Å²) >= 11 is 0. The van der Waals surface area contributed by atoms with Crippen LogP contribution < -0.4 is 16.6 Å². The summed E-state index contributed by atoms with van der Waals surface area (Å²) in [5, 5.41) is 3.39. The lowest BCUT2D eigenvalue weighted by Crippen LogP contribution is -2.35. The zero-order chi connectivity index (χ0) is 22.2. The standard InChI is InChI=1S/C25H31N3O3/c1-3-5-9-18(4-2)17-26-23(29)20-12-13-21-22(16-20)27-25(31)28(24(21)30)15-14-19-10-7-6-8-11-19/h6-8,10-13,16,18H,3-5,9,14-15,17H2,1-2H3,(H,26,29)(H,27,31). The van der Waals surface area contributed by atoms with Gasteiger partial charge in [-0.1, -0.05) is 63.4 Å². The molecule has 2 aromatic carbocycles. The van der Waals surface area contributed by atoms with Crippen molar-refractivity contribution in [1.29, 1.82) is 0 Å². The van der Waals surface area contributed by atoms with Gasteiger partial charge in [0.2, 0.25) is 0 Å². The van der Waals surface area contributed by atoms with E-state index in [9.17, 15) is 14.4 Å². The van der Waals surface area contributed by atoms with Crippen LogP contribution in [0.5, 0.6) is 0 Å². The third-order valence-electron chi connectivity index (χ3n) is 5.81. The number of aromatic amines is 1. The van der Waals surface area contributed by atoms with Crippen LogP contribution in [0.2, 0.25) is 0 Å². The van der Waals surface area contributed by atoms with Crippen LogP contribution in [-0.4, -0.2) is 22.0 Å². The Labute approximate surface area is 182 Å². The van der Waals surface area contributed by atoms with Crippen molar-refractivity contribution in [2.24, 2.45) is 5.92 Å². The van der Waals surface area contributed by atoms with Crippen LogP contribution in [0, 0.1) is 5.92 Å². The number of aryl methyl sites for hydroxylation is 1. The van der Waals surface area contributed by atoms with Crippen molar-refractivity contribution >= 4 is 16.8 Å². The number of hydrogen-bond donors (Lipinski definition) is 2. The number of amides is 1. The minimum Gasteiger partial charge on any atom is -0.352 e. The fourth-order valence-corrected chi connectivity index (χ4v) is 3.77. The first kappa shape index (κ1) is 22.5. The first-order chi connectivity index (χ1) is 15.0. The van der Waals surface area contributed by atoms with Crippen LogP contribution in [0.4, 0.5) is 0 Å². The average molecular weight is 422 g/mol. The van der Waals surface area contributed by atoms with Crippen molar-refractivity contribution in [2.75, 3.05) is 6.54 Å². The van der Waals surface area contributed by atoms with Crippen molar-refractivity contribution in [2.45, 2.75) is 52.5 Å². The summed E-state index contributed by atoms with van der Waals surface area (Å²) in [5.74, 6) is 0.270. The van der Waals surface area contributed by atoms with Crippen LogP contribution in [0.1, 0.15) is 55.5 Å². The number of aromatic nitrogens is 2. The second-order valence-corrected chi connectivity index (χ2v) is 8.01. The molecule has 1 unspecified atom stereocenters. The van der Waals surface area contributed by atoms with Gasteiger partial charge in [-0.15, -0.1) is 0 Å². The van der Waals surface area contributed by atoms with E-state index in [1.165, 1.54) is 4.57 Å². The lowest BCUT2D eigenvalue weighted by Gasteiger charge is -2.15. The van der Waals surface area contributed by atoms with Crippen LogP contribution in [0.3, 0.4) is 0 Å². The normalized spacial score (nSPS) is 12.1. The largest absolute Gasteiger partial charge is 0.352 e. The summed E-state index contributed by atoms with van der Waals surface area (Å²) in [6, 6.07) is 14.6. The number of benzene rings is 2. The minimum absolute atomic E-state index is 0.189. The fourth-order valence-electron chi connectivity index (χ4n) is 3.77. The van der Waals surface area contributed by atoms with Crippen molar-refractivity contribution in [1.82, 2.24) is 14.9 Å². The molecule has 31 heavy (non-hydrogen) atoms. The number of carbonyl (C=O) groups is 1. The number of carbonyl (C=O) groups excluding carboxylic acids is 1. The van der Waals surface area contributed by atoms with Gasteiger partial charge in [0.05, 0.1) is 10.9 Å². The lowest BCUT2D eigenvalue weighted by molar-refractivity contribution is 0.0946. The molecule has 0 saturated heterocycles. The van der Waals surface area contributed by atoms with Gasteiger partial charge >= 0.3 is 5.69 Å². The molecule has 0 fully saturated rings. The van der Waals surface area contributed by atoms with Crippen LogP contribution >= 0.6 is 0 Å². The SMILES string of the molecule is CCCCC(CC)CNC(=O)c1ccc2c(=O)n(CCc3ccccc3)c(=O)[nH]c2c1. The van der Waals surface area contributed by atoms with Crippen LogP contribution in [-0.2, 0) is 13.0 Å². The van der Waals surface area contributed by atoms with Gasteiger partial charge < -0.3 is 10.3 Å². The molecule has 0 aliphatic rings. The van der Waals surface area contributed by atoms with Crippen molar-refractivity contribution < 1.29 is 4.79 Å². The van der Waals surface area contributed by atoms with E-state index < -0.39 is 5.69 Å². The maximum absolute atomic E-state index is 12.8. The average Bonchev–Trinajstić information content (AvgIpc) is 2.79. The maximum atomic E-state index is 12.8. The highest BCUT2D eigenvalue weighted by Gasteiger charge is 2.13. The van der Waals surface area contributed by atoms with Gasteiger partial charge in [0.1, 0.15) is 0 Å². The molecule has 0 bridgehead atoms. The Balaban J connectivity index is 1.76. The Morgan fingerprint density at radius 2 is 1.87 bits per heavy atom. The summed E-state index contributed by atoms with van der Waals surface area (Å²) in [5.41, 5.74) is 1.08. The van der Waals surface area contributed by atoms with Gasteiger partial charge in [0.15, 0.2) is 0 Å². The molecular weight excluding hydrogens is 390 g/mol. The molecular formula is C25H31N3O3. The third-order valence-corrected chi connectivity index (χ3v) is 5.81. The second-order valence-electron chi connectivity index (χ2n) is 8.01. The summed E-state index contributed by atoms with van der Waals surface area (Å²) in [6.07, 6.45) is 5.01. The molecule has 0 saturated carbocycles. The molecule has 0 spiro atoms. The zero-order valence-corrected chi connectivity index (χ0v) is 18.3. The van der Waals surface area contributed by atoms with E-state index in [4.69, 9.17) is 0 Å². The van der Waals surface area contributed by atoms with E-state index in [0.717, 1.165) is 31.2 Å². The smallest absolute Gasteiger partial charge is 0.328 e. The summed E-state index contributed by atoms with van der Waals surface area (Å²) in [6.45, 7) is 5.23. The highest BCUT2D eigenvalue weighted by Crippen LogP contribution is 2.13. The Kier molecular flexibility index (Phi) is 7.82. The summed E-state index contributed by atoms with van der Waals surface area (Å²) < 4.78 is 1.22. The number of nitrogens with one attached hydrogen (secondary N) is 2. The summed E-state index contributed by atoms with van der Waals surface area (Å²) in [7, 11) is 0. The molecule has 164 valence electrons. The van der Waals surface area contributed by atoms with Gasteiger partial charge in [0.25, 0.3) is 11.5 Å². The molecule has 1 atom stereocenters. The fraction of sp³-hybridized carbons (Fsp3) is 0.400. The van der Waals surface area contributed by atoms with Crippen molar-refractivity contribution in [3.63, 3.8) is 0 Å². The van der Waals surface area contributed by atoms with Gasteiger partial charge in [-0.3, -0.25) is 14.2 Å². The first-order valence-electron chi connectivity index (χ1n) is 11.1. The predicted octanol–water partition coefficient (Wildman–Crippen LogP) is 3.88. The van der Waals surface area contributed by atoms with E-state index >= 15 is 0 Å². The Morgan fingerprint density at radius 3 is 2.58 bits per heavy atom. The molecule has 1 heterocycles. The molecule has 1 amide bonds. The molecule has 0 aliphatic carbocycles. The predicted molar refractivity (Wildman–Crippen MR) is 125 cm³/mol. The monoisotopic (exact) mass is 421 g/mol. The van der Waals surface area contributed by atoms with E-state index in [1.807, 2.05) is 30.3 Å². The van der Waals surface area contributed by atoms with Gasteiger partial charge in [0, 0.05) is 18.7 Å². The quantitative estimate of drug-likeness (QED) is 0.521. The number of unbranched alkanes of at least 4 members (excludes halogenated alkanes) is 1. The number of hydrogen-bond acceptors (Lipinski definition) is 3. The van der Waals surface area contributed by atoms with E-state index in [0.29, 0.717) is 41.9 Å². The Morgan fingerprint density at radius 1 is 1.10 bits per heavy atom. The molecule has 2 N–H and O–H groups in total. The molecule has 0 radical (unpaired) electrons. The summed E-state index contributed by atoms with van der Waals surface area (Å²) in [4.78, 5) is 40.7. The molecule has 0 aliphatic heterocycles. The highest BCUT2D eigenvalue weighted by atomic mass is 16.2. The topological polar surface area (TPSA) is 84.0 Å². The minimum atomic E-state index is -0.461. The molecule has 1 aromatic heterocycles. The zero-order valence-electron chi connectivity index (χ0n) is 18.3. The molecule has 6 nitrogen and oxygen atoms in total. The van der Waals surface area contributed by atoms with E-state index in [1.54, 1.807) is 18.2 Å². The van der Waals surface area contributed by atoms with E-state index in [2.05, 4.69) is 24.1 Å². The highest BCUT2D eigenvalue weighted by molar-refractivity contribution is 5.97. The Hall–Kier alpha value is -3.15. The molecule has 3 aromatic rings. The van der Waals surface area contributed by atoms with Gasteiger partial charge in [-0.25, -0.2) is 4.79 Å². The number of fused-ring (bicyclic) bond motifs is 1. The maximum Gasteiger partial charge on any atom is 0.328 e. The second kappa shape index (κ2) is 10.8. The van der Waals surface area contributed by atoms with Crippen molar-refractivity contribution in [3.05, 3.63) is 80.5 Å². The van der Waals surface area contributed by atoms with Gasteiger partial charge in [-0.2, -0.15) is 0 Å². The number of rotatable bonds is 10. The first-order valence-corrected chi connectivity index (χ1v) is 11.1. The molecule has 6 heteroatoms. The lowest BCUT2D eigenvalue weighted by atomic mass is 9.99. The van der Waals surface area contributed by atoms with Crippen LogP contribution in [0.25, 0.3) is 10.9 Å². The molecule has 3 rings (SSSR count). The van der Waals surface area contributed by atoms with E-state index in [-0.39, 0.29) is 11.5 Å². The number of H-pyrrole nitrogens is 1. The third kappa shape index (κ3) is 5.72. The Bertz CT molecular complexity index is 1130.